The lowest BCUT2D eigenvalue weighted by molar-refractivity contribution is 0.102. The molecule has 118 valence electrons. The Balaban J connectivity index is 1.59. The van der Waals surface area contributed by atoms with Crippen LogP contribution in [0.2, 0.25) is 0 Å². The Morgan fingerprint density at radius 1 is 1.12 bits per heavy atom. The van der Waals surface area contributed by atoms with Crippen molar-refractivity contribution in [3.05, 3.63) is 66.2 Å². The molecule has 0 aliphatic heterocycles. The number of para-hydroxylation sites is 1. The first kappa shape index (κ1) is 14.1. The molecule has 0 bridgehead atoms. The number of nitrogens with one attached hydrogen (secondary N) is 1. The van der Waals surface area contributed by atoms with Gasteiger partial charge in [0.05, 0.1) is 6.54 Å². The maximum atomic E-state index is 12.5. The SMILES string of the molecule is O=C(Nc1ccccc1Cn1cncn1)c1ccc2nonc2c1. The lowest BCUT2D eigenvalue weighted by atomic mass is 10.1. The Morgan fingerprint density at radius 3 is 2.88 bits per heavy atom. The molecular weight excluding hydrogens is 308 g/mol. The topological polar surface area (TPSA) is 98.7 Å². The van der Waals surface area contributed by atoms with Crippen molar-refractivity contribution in [2.75, 3.05) is 5.32 Å². The summed E-state index contributed by atoms with van der Waals surface area (Å²) in [5.74, 6) is -0.231. The van der Waals surface area contributed by atoms with E-state index in [4.69, 9.17) is 0 Å². The van der Waals surface area contributed by atoms with Gasteiger partial charge in [-0.2, -0.15) is 5.10 Å². The molecule has 2 heterocycles. The normalized spacial score (nSPS) is 10.8. The maximum Gasteiger partial charge on any atom is 0.255 e. The maximum absolute atomic E-state index is 12.5. The van der Waals surface area contributed by atoms with Crippen LogP contribution in [0.5, 0.6) is 0 Å². The van der Waals surface area contributed by atoms with E-state index >= 15 is 0 Å². The quantitative estimate of drug-likeness (QED) is 0.618. The van der Waals surface area contributed by atoms with Gasteiger partial charge in [0.25, 0.3) is 5.91 Å². The Bertz CT molecular complexity index is 993. The molecule has 2 aromatic carbocycles. The number of aromatic nitrogens is 5. The van der Waals surface area contributed by atoms with Gasteiger partial charge in [-0.25, -0.2) is 14.3 Å². The predicted molar refractivity (Wildman–Crippen MR) is 85.3 cm³/mol. The lowest BCUT2D eigenvalue weighted by Gasteiger charge is -2.11. The summed E-state index contributed by atoms with van der Waals surface area (Å²) in [6, 6.07) is 12.6. The number of fused-ring (bicyclic) bond motifs is 1. The second kappa shape index (κ2) is 5.92. The van der Waals surface area contributed by atoms with Gasteiger partial charge in [0.2, 0.25) is 0 Å². The fourth-order valence-corrected chi connectivity index (χ4v) is 2.39. The molecule has 2 aromatic heterocycles. The van der Waals surface area contributed by atoms with Gasteiger partial charge in [0.1, 0.15) is 23.7 Å². The third-order valence-corrected chi connectivity index (χ3v) is 3.58. The van der Waals surface area contributed by atoms with E-state index in [1.165, 1.54) is 6.33 Å². The van der Waals surface area contributed by atoms with Crippen LogP contribution in [0.15, 0.2) is 59.7 Å². The highest BCUT2D eigenvalue weighted by Crippen LogP contribution is 2.18. The van der Waals surface area contributed by atoms with Crippen molar-refractivity contribution >= 4 is 22.6 Å². The molecule has 4 rings (SSSR count). The monoisotopic (exact) mass is 320 g/mol. The van der Waals surface area contributed by atoms with Crippen LogP contribution in [0.4, 0.5) is 5.69 Å². The summed E-state index contributed by atoms with van der Waals surface area (Å²) in [4.78, 5) is 16.4. The molecule has 0 spiro atoms. The first-order valence-electron chi connectivity index (χ1n) is 7.23. The van der Waals surface area contributed by atoms with Crippen molar-refractivity contribution in [2.24, 2.45) is 0 Å². The number of carbonyl (C=O) groups excluding carboxylic acids is 1. The number of amides is 1. The molecular formula is C16H12N6O2. The van der Waals surface area contributed by atoms with Crippen molar-refractivity contribution in [1.82, 2.24) is 25.1 Å². The van der Waals surface area contributed by atoms with Crippen LogP contribution in [0.1, 0.15) is 15.9 Å². The fraction of sp³-hybridized carbons (Fsp3) is 0.0625. The van der Waals surface area contributed by atoms with Gasteiger partial charge < -0.3 is 5.32 Å². The van der Waals surface area contributed by atoms with E-state index in [0.717, 1.165) is 11.3 Å². The van der Waals surface area contributed by atoms with Crippen molar-refractivity contribution in [3.63, 3.8) is 0 Å². The second-order valence-electron chi connectivity index (χ2n) is 5.17. The standard InChI is InChI=1S/C16H12N6O2/c23-16(11-5-6-14-15(7-11)21-24-20-14)19-13-4-2-1-3-12(13)8-22-10-17-9-18-22/h1-7,9-10H,8H2,(H,19,23). The summed E-state index contributed by atoms with van der Waals surface area (Å²) in [6.45, 7) is 0.517. The third-order valence-electron chi connectivity index (χ3n) is 3.58. The molecule has 0 saturated heterocycles. The zero-order valence-corrected chi connectivity index (χ0v) is 12.5. The molecule has 0 unspecified atom stereocenters. The molecule has 0 aliphatic rings. The van der Waals surface area contributed by atoms with E-state index in [1.807, 2.05) is 24.3 Å². The van der Waals surface area contributed by atoms with Gasteiger partial charge in [0.15, 0.2) is 0 Å². The zero-order valence-electron chi connectivity index (χ0n) is 12.5. The number of benzene rings is 2. The molecule has 8 heteroatoms. The molecule has 1 N–H and O–H groups in total. The average Bonchev–Trinajstić information content (AvgIpc) is 3.27. The number of nitrogens with zero attached hydrogens (tertiary/aromatic N) is 5. The fourth-order valence-electron chi connectivity index (χ4n) is 2.39. The van der Waals surface area contributed by atoms with Crippen LogP contribution in [0, 0.1) is 0 Å². The Kier molecular flexibility index (Phi) is 3.47. The minimum atomic E-state index is -0.231. The van der Waals surface area contributed by atoms with Gasteiger partial charge in [-0.1, -0.05) is 18.2 Å². The highest BCUT2D eigenvalue weighted by molar-refractivity contribution is 6.06. The second-order valence-corrected chi connectivity index (χ2v) is 5.17. The van der Waals surface area contributed by atoms with Gasteiger partial charge in [-0.3, -0.25) is 4.79 Å². The number of anilines is 1. The van der Waals surface area contributed by atoms with Crippen LogP contribution in [0.25, 0.3) is 11.0 Å². The molecule has 0 radical (unpaired) electrons. The Labute approximate surface area is 136 Å². The van der Waals surface area contributed by atoms with Crippen molar-refractivity contribution < 1.29 is 9.42 Å². The number of hydrogen-bond acceptors (Lipinski definition) is 6. The summed E-state index contributed by atoms with van der Waals surface area (Å²) >= 11 is 0. The largest absolute Gasteiger partial charge is 0.322 e. The van der Waals surface area contributed by atoms with Crippen molar-refractivity contribution in [2.45, 2.75) is 6.54 Å². The van der Waals surface area contributed by atoms with Crippen molar-refractivity contribution in [1.29, 1.82) is 0 Å². The van der Waals surface area contributed by atoms with Crippen LogP contribution in [-0.4, -0.2) is 31.0 Å². The Hall–Kier alpha value is -3.55. The van der Waals surface area contributed by atoms with Gasteiger partial charge in [-0.15, -0.1) is 0 Å². The van der Waals surface area contributed by atoms with Crippen LogP contribution >= 0.6 is 0 Å². The summed E-state index contributed by atoms with van der Waals surface area (Å²) in [7, 11) is 0. The lowest BCUT2D eigenvalue weighted by Crippen LogP contribution is -2.14. The van der Waals surface area contributed by atoms with Crippen LogP contribution in [0.3, 0.4) is 0 Å². The number of carbonyl (C=O) groups is 1. The first-order chi connectivity index (χ1) is 11.8. The highest BCUT2D eigenvalue weighted by Gasteiger charge is 2.11. The molecule has 0 aliphatic carbocycles. The number of hydrogen-bond donors (Lipinski definition) is 1. The molecule has 0 atom stereocenters. The predicted octanol–water partition coefficient (Wildman–Crippen LogP) is 2.11. The zero-order chi connectivity index (χ0) is 16.4. The molecule has 8 nitrogen and oxygen atoms in total. The average molecular weight is 320 g/mol. The van der Waals surface area contributed by atoms with Crippen molar-refractivity contribution in [3.8, 4) is 0 Å². The molecule has 0 saturated carbocycles. The summed E-state index contributed by atoms with van der Waals surface area (Å²) in [5.41, 5.74) is 3.28. The minimum absolute atomic E-state index is 0.231. The summed E-state index contributed by atoms with van der Waals surface area (Å²) in [6.07, 6.45) is 3.10. The van der Waals surface area contributed by atoms with Gasteiger partial charge >= 0.3 is 0 Å². The third kappa shape index (κ3) is 2.72. The first-order valence-corrected chi connectivity index (χ1v) is 7.23. The summed E-state index contributed by atoms with van der Waals surface area (Å²) < 4.78 is 6.34. The van der Waals surface area contributed by atoms with E-state index in [0.29, 0.717) is 23.1 Å². The summed E-state index contributed by atoms with van der Waals surface area (Å²) in [5, 5.41) is 14.5. The van der Waals surface area contributed by atoms with E-state index in [2.05, 4.69) is 30.3 Å². The Morgan fingerprint density at radius 2 is 2.00 bits per heavy atom. The van der Waals surface area contributed by atoms with Gasteiger partial charge in [-0.05, 0) is 40.1 Å². The van der Waals surface area contributed by atoms with E-state index in [-0.39, 0.29) is 5.91 Å². The van der Waals surface area contributed by atoms with Crippen LogP contribution < -0.4 is 5.32 Å². The molecule has 24 heavy (non-hydrogen) atoms. The highest BCUT2D eigenvalue weighted by atomic mass is 16.6. The number of rotatable bonds is 4. The minimum Gasteiger partial charge on any atom is -0.322 e. The molecule has 0 fully saturated rings. The smallest absolute Gasteiger partial charge is 0.255 e. The van der Waals surface area contributed by atoms with E-state index < -0.39 is 0 Å². The van der Waals surface area contributed by atoms with Crippen LogP contribution in [-0.2, 0) is 6.54 Å². The van der Waals surface area contributed by atoms with Gasteiger partial charge in [0, 0.05) is 11.3 Å². The molecule has 4 aromatic rings. The molecule has 1 amide bonds. The van der Waals surface area contributed by atoms with E-state index in [9.17, 15) is 4.79 Å². The van der Waals surface area contributed by atoms with E-state index in [1.54, 1.807) is 29.2 Å².